The molecule has 1 aliphatic carbocycles. The number of carbonyl (C=O) groups excluding carboxylic acids is 1. The fourth-order valence-electron chi connectivity index (χ4n) is 3.16. The number of hydrogen-bond donors (Lipinski definition) is 0. The van der Waals surface area contributed by atoms with Gasteiger partial charge in [-0.15, -0.1) is 0 Å². The van der Waals surface area contributed by atoms with Gasteiger partial charge in [-0.3, -0.25) is 4.79 Å². The van der Waals surface area contributed by atoms with E-state index < -0.39 is 0 Å². The first-order valence-electron chi connectivity index (χ1n) is 8.21. The van der Waals surface area contributed by atoms with Gasteiger partial charge in [0.15, 0.2) is 0 Å². The Morgan fingerprint density at radius 2 is 2.18 bits per heavy atom. The van der Waals surface area contributed by atoms with Crippen molar-refractivity contribution >= 4 is 23.3 Å². The molecule has 0 spiro atoms. The minimum atomic E-state index is 0.230. The van der Waals surface area contributed by atoms with E-state index in [4.69, 9.17) is 11.6 Å². The van der Waals surface area contributed by atoms with Crippen LogP contribution >= 0.6 is 11.6 Å². The van der Waals surface area contributed by atoms with Gasteiger partial charge in [-0.05, 0) is 36.8 Å². The van der Waals surface area contributed by atoms with Crippen LogP contribution in [-0.2, 0) is 4.79 Å². The minimum Gasteiger partial charge on any atom is -0.353 e. The molecule has 3 rings (SSSR count). The van der Waals surface area contributed by atoms with E-state index in [0.29, 0.717) is 23.9 Å². The van der Waals surface area contributed by atoms with Crippen LogP contribution in [-0.4, -0.2) is 41.5 Å². The summed E-state index contributed by atoms with van der Waals surface area (Å²) < 4.78 is 0. The van der Waals surface area contributed by atoms with Crippen LogP contribution in [0.15, 0.2) is 18.3 Å². The highest BCUT2D eigenvalue weighted by Gasteiger charge is 2.36. The van der Waals surface area contributed by atoms with Gasteiger partial charge in [0.1, 0.15) is 5.82 Å². The van der Waals surface area contributed by atoms with Gasteiger partial charge in [-0.25, -0.2) is 4.98 Å². The van der Waals surface area contributed by atoms with Crippen molar-refractivity contribution in [3.63, 3.8) is 0 Å². The molecule has 1 amide bonds. The number of anilines is 1. The molecule has 4 nitrogen and oxygen atoms in total. The van der Waals surface area contributed by atoms with Crippen LogP contribution < -0.4 is 4.90 Å². The summed E-state index contributed by atoms with van der Waals surface area (Å²) in [6.45, 7) is 6.82. The van der Waals surface area contributed by atoms with Crippen LogP contribution in [0.1, 0.15) is 33.1 Å². The molecule has 0 radical (unpaired) electrons. The standard InChI is InChI=1S/C17H24ClN3O/c1-12(2)15-11-20(17-14(18)4-3-8-19-17)9-7-16(22)21(15)10-13-5-6-13/h3-4,8,12-13,15H,5-7,9-11H2,1-2H3. The smallest absolute Gasteiger partial charge is 0.224 e. The number of hydrogen-bond acceptors (Lipinski definition) is 3. The van der Waals surface area contributed by atoms with Gasteiger partial charge in [-0.1, -0.05) is 25.4 Å². The first kappa shape index (κ1) is 15.6. The second-order valence-corrected chi connectivity index (χ2v) is 7.21. The Kier molecular flexibility index (Phi) is 4.57. The molecule has 1 saturated heterocycles. The van der Waals surface area contributed by atoms with Crippen molar-refractivity contribution in [2.24, 2.45) is 11.8 Å². The lowest BCUT2D eigenvalue weighted by molar-refractivity contribution is -0.133. The van der Waals surface area contributed by atoms with Gasteiger partial charge in [0, 0.05) is 32.3 Å². The lowest BCUT2D eigenvalue weighted by atomic mass is 10.0. The molecule has 1 saturated carbocycles. The molecular weight excluding hydrogens is 298 g/mol. The summed E-state index contributed by atoms with van der Waals surface area (Å²) >= 11 is 6.30. The quantitative estimate of drug-likeness (QED) is 0.854. The third kappa shape index (κ3) is 3.37. The molecule has 0 bridgehead atoms. The molecule has 1 aromatic heterocycles. The van der Waals surface area contributed by atoms with Crippen molar-refractivity contribution in [1.82, 2.24) is 9.88 Å². The van der Waals surface area contributed by atoms with Gasteiger partial charge in [-0.2, -0.15) is 0 Å². The highest BCUT2D eigenvalue weighted by atomic mass is 35.5. The molecule has 1 unspecified atom stereocenters. The Morgan fingerprint density at radius 1 is 1.41 bits per heavy atom. The summed E-state index contributed by atoms with van der Waals surface area (Å²) in [7, 11) is 0. The summed E-state index contributed by atoms with van der Waals surface area (Å²) in [5.41, 5.74) is 0. The van der Waals surface area contributed by atoms with Crippen molar-refractivity contribution < 1.29 is 4.79 Å². The molecule has 0 aromatic carbocycles. The highest BCUT2D eigenvalue weighted by Crippen LogP contribution is 2.33. The third-order valence-corrected chi connectivity index (χ3v) is 4.98. The number of aromatic nitrogens is 1. The van der Waals surface area contributed by atoms with Crippen molar-refractivity contribution in [3.05, 3.63) is 23.4 Å². The minimum absolute atomic E-state index is 0.230. The molecule has 1 atom stereocenters. The third-order valence-electron chi connectivity index (χ3n) is 4.68. The Bertz CT molecular complexity index is 544. The van der Waals surface area contributed by atoms with Crippen molar-refractivity contribution in [1.29, 1.82) is 0 Å². The van der Waals surface area contributed by atoms with E-state index in [2.05, 4.69) is 28.6 Å². The molecule has 1 aromatic rings. The van der Waals surface area contributed by atoms with Gasteiger partial charge in [0.25, 0.3) is 0 Å². The number of rotatable bonds is 4. The molecule has 1 aliphatic heterocycles. The van der Waals surface area contributed by atoms with E-state index in [1.807, 2.05) is 12.1 Å². The van der Waals surface area contributed by atoms with Crippen LogP contribution in [0.2, 0.25) is 5.02 Å². The molecule has 120 valence electrons. The maximum Gasteiger partial charge on any atom is 0.224 e. The maximum atomic E-state index is 12.6. The molecular formula is C17H24ClN3O. The van der Waals surface area contributed by atoms with E-state index >= 15 is 0 Å². The molecule has 2 heterocycles. The molecule has 5 heteroatoms. The summed E-state index contributed by atoms with van der Waals surface area (Å²) in [4.78, 5) is 21.3. The van der Waals surface area contributed by atoms with Crippen molar-refractivity contribution in [3.8, 4) is 0 Å². The van der Waals surface area contributed by atoms with E-state index in [1.54, 1.807) is 6.20 Å². The number of nitrogens with zero attached hydrogens (tertiary/aromatic N) is 3. The van der Waals surface area contributed by atoms with Crippen molar-refractivity contribution in [2.45, 2.75) is 39.2 Å². The predicted octanol–water partition coefficient (Wildman–Crippen LogP) is 3.21. The van der Waals surface area contributed by atoms with Gasteiger partial charge < -0.3 is 9.80 Å². The first-order valence-corrected chi connectivity index (χ1v) is 8.59. The summed E-state index contributed by atoms with van der Waals surface area (Å²) in [5, 5.41) is 0.660. The Morgan fingerprint density at radius 3 is 2.82 bits per heavy atom. The van der Waals surface area contributed by atoms with Crippen LogP contribution in [0.25, 0.3) is 0 Å². The topological polar surface area (TPSA) is 36.4 Å². The number of halogens is 1. The Hall–Kier alpha value is -1.29. The maximum absolute atomic E-state index is 12.6. The molecule has 0 N–H and O–H groups in total. The normalized spacial score (nSPS) is 23.1. The number of pyridine rings is 1. The van der Waals surface area contributed by atoms with Crippen molar-refractivity contribution in [2.75, 3.05) is 24.5 Å². The number of amides is 1. The average Bonchev–Trinajstić information content (AvgIpc) is 3.30. The monoisotopic (exact) mass is 321 g/mol. The zero-order chi connectivity index (χ0) is 15.7. The largest absolute Gasteiger partial charge is 0.353 e. The molecule has 22 heavy (non-hydrogen) atoms. The second kappa shape index (κ2) is 6.45. The predicted molar refractivity (Wildman–Crippen MR) is 89.1 cm³/mol. The lowest BCUT2D eigenvalue weighted by Crippen LogP contribution is -2.47. The Labute approximate surface area is 137 Å². The summed E-state index contributed by atoms with van der Waals surface area (Å²) in [6.07, 6.45) is 4.85. The first-order chi connectivity index (χ1) is 10.6. The second-order valence-electron chi connectivity index (χ2n) is 6.81. The van der Waals surface area contributed by atoms with Crippen LogP contribution in [0.5, 0.6) is 0 Å². The van der Waals surface area contributed by atoms with Gasteiger partial charge in [0.05, 0.1) is 11.1 Å². The van der Waals surface area contributed by atoms with E-state index in [-0.39, 0.29) is 11.9 Å². The van der Waals surface area contributed by atoms with Crippen LogP contribution in [0.4, 0.5) is 5.82 Å². The molecule has 2 fully saturated rings. The zero-order valence-corrected chi connectivity index (χ0v) is 14.1. The Balaban J connectivity index is 1.84. The fourth-order valence-corrected chi connectivity index (χ4v) is 3.40. The fraction of sp³-hybridized carbons (Fsp3) is 0.647. The van der Waals surface area contributed by atoms with E-state index in [9.17, 15) is 4.79 Å². The molecule has 2 aliphatic rings. The summed E-state index contributed by atoms with van der Waals surface area (Å²) in [6, 6.07) is 3.94. The SMILES string of the molecule is CC(C)C1CN(c2ncccc2Cl)CCC(=O)N1CC1CC1. The van der Waals surface area contributed by atoms with Gasteiger partial charge in [0.2, 0.25) is 5.91 Å². The average molecular weight is 322 g/mol. The van der Waals surface area contributed by atoms with E-state index in [0.717, 1.165) is 24.8 Å². The number of carbonyl (C=O) groups is 1. The van der Waals surface area contributed by atoms with E-state index in [1.165, 1.54) is 12.8 Å². The zero-order valence-electron chi connectivity index (χ0n) is 13.3. The van der Waals surface area contributed by atoms with Crippen LogP contribution in [0.3, 0.4) is 0 Å². The lowest BCUT2D eigenvalue weighted by Gasteiger charge is -2.35. The van der Waals surface area contributed by atoms with Gasteiger partial charge >= 0.3 is 0 Å². The summed E-state index contributed by atoms with van der Waals surface area (Å²) in [5.74, 6) is 2.22. The van der Waals surface area contributed by atoms with Crippen LogP contribution in [0, 0.1) is 11.8 Å². The highest BCUT2D eigenvalue weighted by molar-refractivity contribution is 6.32.